The van der Waals surface area contributed by atoms with Crippen molar-refractivity contribution in [3.63, 3.8) is 0 Å². The minimum absolute atomic E-state index is 0.0149. The Bertz CT molecular complexity index is 786. The maximum atomic E-state index is 12.2. The van der Waals surface area contributed by atoms with Crippen LogP contribution in [0.1, 0.15) is 43.5 Å². The van der Waals surface area contributed by atoms with Gasteiger partial charge >= 0.3 is 5.97 Å². The highest BCUT2D eigenvalue weighted by molar-refractivity contribution is 5.98. The molecular formula is C22H25NO5. The van der Waals surface area contributed by atoms with Crippen LogP contribution < -0.4 is 10.1 Å². The second-order valence-corrected chi connectivity index (χ2v) is 6.28. The van der Waals surface area contributed by atoms with Gasteiger partial charge in [0.05, 0.1) is 13.0 Å². The fourth-order valence-corrected chi connectivity index (χ4v) is 2.39. The first-order chi connectivity index (χ1) is 13.5. The third-order valence-corrected chi connectivity index (χ3v) is 3.92. The molecule has 1 N–H and O–H groups in total. The largest absolute Gasteiger partial charge is 0.494 e. The fourth-order valence-electron chi connectivity index (χ4n) is 2.39. The van der Waals surface area contributed by atoms with E-state index in [1.165, 1.54) is 6.92 Å². The topological polar surface area (TPSA) is 81.7 Å². The lowest BCUT2D eigenvalue weighted by Crippen LogP contribution is -2.30. The molecule has 2 rings (SSSR count). The SMILES string of the molecule is CCCOc1ccc(C(=O)CCC(=O)O[C@@H](C)C(=O)Nc2ccccc2)cc1. The number of para-hydroxylation sites is 1. The van der Waals surface area contributed by atoms with Crippen LogP contribution >= 0.6 is 0 Å². The Kier molecular flexibility index (Phi) is 8.21. The predicted octanol–water partition coefficient (Wildman–Crippen LogP) is 4.01. The monoisotopic (exact) mass is 383 g/mol. The van der Waals surface area contributed by atoms with Gasteiger partial charge in [-0.2, -0.15) is 0 Å². The second kappa shape index (κ2) is 10.9. The lowest BCUT2D eigenvalue weighted by molar-refractivity contribution is -0.153. The molecule has 1 atom stereocenters. The summed E-state index contributed by atoms with van der Waals surface area (Å²) in [7, 11) is 0. The molecule has 2 aromatic rings. The summed E-state index contributed by atoms with van der Waals surface area (Å²) in [5.74, 6) is -0.475. The molecule has 0 heterocycles. The third kappa shape index (κ3) is 6.87. The average molecular weight is 383 g/mol. The number of rotatable bonds is 10. The molecule has 0 bridgehead atoms. The zero-order valence-corrected chi connectivity index (χ0v) is 16.1. The van der Waals surface area contributed by atoms with Gasteiger partial charge in [-0.15, -0.1) is 0 Å². The van der Waals surface area contributed by atoms with E-state index in [4.69, 9.17) is 9.47 Å². The van der Waals surface area contributed by atoms with Gasteiger partial charge in [0.15, 0.2) is 11.9 Å². The molecular weight excluding hydrogens is 358 g/mol. The zero-order valence-electron chi connectivity index (χ0n) is 16.1. The number of carbonyl (C=O) groups is 3. The van der Waals surface area contributed by atoms with E-state index in [2.05, 4.69) is 5.32 Å². The van der Waals surface area contributed by atoms with Crippen LogP contribution in [0.15, 0.2) is 54.6 Å². The van der Waals surface area contributed by atoms with Crippen LogP contribution in [0.2, 0.25) is 0 Å². The molecule has 0 aliphatic heterocycles. The standard InChI is InChI=1S/C22H25NO5/c1-3-15-27-19-11-9-17(10-12-19)20(24)13-14-21(25)28-16(2)22(26)23-18-7-5-4-6-8-18/h4-12,16H,3,13-15H2,1-2H3,(H,23,26)/t16-/m0/s1. The van der Waals surface area contributed by atoms with Crippen LogP contribution in [0.25, 0.3) is 0 Å². The smallest absolute Gasteiger partial charge is 0.307 e. The second-order valence-electron chi connectivity index (χ2n) is 6.28. The normalized spacial score (nSPS) is 11.4. The van der Waals surface area contributed by atoms with Gasteiger partial charge in [-0.25, -0.2) is 0 Å². The van der Waals surface area contributed by atoms with Gasteiger partial charge in [0.1, 0.15) is 5.75 Å². The van der Waals surface area contributed by atoms with Crippen LogP contribution in [-0.4, -0.2) is 30.4 Å². The van der Waals surface area contributed by atoms with E-state index in [9.17, 15) is 14.4 Å². The molecule has 0 aliphatic carbocycles. The Hall–Kier alpha value is -3.15. The Morgan fingerprint density at radius 3 is 2.29 bits per heavy atom. The van der Waals surface area contributed by atoms with Crippen molar-refractivity contribution in [2.45, 2.75) is 39.2 Å². The van der Waals surface area contributed by atoms with Crippen molar-refractivity contribution >= 4 is 23.3 Å². The van der Waals surface area contributed by atoms with E-state index < -0.39 is 18.0 Å². The van der Waals surface area contributed by atoms with Gasteiger partial charge < -0.3 is 14.8 Å². The summed E-state index contributed by atoms with van der Waals surface area (Å²) >= 11 is 0. The number of anilines is 1. The van der Waals surface area contributed by atoms with E-state index in [0.29, 0.717) is 23.6 Å². The molecule has 2 aromatic carbocycles. The maximum absolute atomic E-state index is 12.2. The van der Waals surface area contributed by atoms with Crippen LogP contribution in [0.5, 0.6) is 5.75 Å². The van der Waals surface area contributed by atoms with E-state index in [1.54, 1.807) is 48.5 Å². The number of amides is 1. The summed E-state index contributed by atoms with van der Waals surface area (Å²) in [5.41, 5.74) is 1.13. The summed E-state index contributed by atoms with van der Waals surface area (Å²) in [6.45, 7) is 4.13. The molecule has 0 aromatic heterocycles. The molecule has 0 saturated carbocycles. The van der Waals surface area contributed by atoms with E-state index >= 15 is 0 Å². The number of ether oxygens (including phenoxy) is 2. The number of nitrogens with one attached hydrogen (secondary N) is 1. The van der Waals surface area contributed by atoms with Crippen LogP contribution in [0.4, 0.5) is 5.69 Å². The molecule has 148 valence electrons. The molecule has 0 unspecified atom stereocenters. The fraction of sp³-hybridized carbons (Fsp3) is 0.318. The van der Waals surface area contributed by atoms with Gasteiger partial charge in [-0.05, 0) is 49.7 Å². The highest BCUT2D eigenvalue weighted by atomic mass is 16.5. The lowest BCUT2D eigenvalue weighted by atomic mass is 10.1. The Labute approximate surface area is 164 Å². The van der Waals surface area contributed by atoms with Crippen molar-refractivity contribution in [1.82, 2.24) is 0 Å². The van der Waals surface area contributed by atoms with E-state index in [-0.39, 0.29) is 18.6 Å². The summed E-state index contributed by atoms with van der Waals surface area (Å²) < 4.78 is 10.6. The highest BCUT2D eigenvalue weighted by Crippen LogP contribution is 2.15. The van der Waals surface area contributed by atoms with E-state index in [0.717, 1.165) is 6.42 Å². The number of benzene rings is 2. The molecule has 0 saturated heterocycles. The first-order valence-electron chi connectivity index (χ1n) is 9.31. The maximum Gasteiger partial charge on any atom is 0.307 e. The van der Waals surface area contributed by atoms with Crippen molar-refractivity contribution < 1.29 is 23.9 Å². The molecule has 6 heteroatoms. The van der Waals surface area contributed by atoms with Gasteiger partial charge in [0.25, 0.3) is 5.91 Å². The van der Waals surface area contributed by atoms with Crippen LogP contribution in [-0.2, 0) is 14.3 Å². The number of carbonyl (C=O) groups excluding carboxylic acids is 3. The van der Waals surface area contributed by atoms with E-state index in [1.807, 2.05) is 13.0 Å². The van der Waals surface area contributed by atoms with Crippen LogP contribution in [0.3, 0.4) is 0 Å². The number of ketones is 1. The summed E-state index contributed by atoms with van der Waals surface area (Å²) in [6, 6.07) is 15.7. The van der Waals surface area contributed by atoms with Gasteiger partial charge in [0, 0.05) is 17.7 Å². The van der Waals surface area contributed by atoms with Gasteiger partial charge in [-0.3, -0.25) is 14.4 Å². The highest BCUT2D eigenvalue weighted by Gasteiger charge is 2.19. The number of esters is 1. The minimum Gasteiger partial charge on any atom is -0.494 e. The minimum atomic E-state index is -0.946. The summed E-state index contributed by atoms with van der Waals surface area (Å²) in [6.07, 6.45) is -0.112. The summed E-state index contributed by atoms with van der Waals surface area (Å²) in [4.78, 5) is 36.2. The lowest BCUT2D eigenvalue weighted by Gasteiger charge is -2.13. The first kappa shape index (κ1) is 21.2. The molecule has 0 spiro atoms. The van der Waals surface area contributed by atoms with Crippen molar-refractivity contribution in [1.29, 1.82) is 0 Å². The number of hydrogen-bond donors (Lipinski definition) is 1. The first-order valence-corrected chi connectivity index (χ1v) is 9.31. The zero-order chi connectivity index (χ0) is 20.4. The average Bonchev–Trinajstić information content (AvgIpc) is 2.71. The molecule has 28 heavy (non-hydrogen) atoms. The Balaban J connectivity index is 1.76. The predicted molar refractivity (Wildman–Crippen MR) is 106 cm³/mol. The Morgan fingerprint density at radius 2 is 1.64 bits per heavy atom. The number of hydrogen-bond acceptors (Lipinski definition) is 5. The molecule has 1 amide bonds. The quantitative estimate of drug-likeness (QED) is 0.495. The van der Waals surface area contributed by atoms with Crippen molar-refractivity contribution in [3.05, 3.63) is 60.2 Å². The van der Waals surface area contributed by atoms with Crippen molar-refractivity contribution in [3.8, 4) is 5.75 Å². The van der Waals surface area contributed by atoms with Gasteiger partial charge in [0.2, 0.25) is 0 Å². The van der Waals surface area contributed by atoms with Gasteiger partial charge in [-0.1, -0.05) is 25.1 Å². The molecule has 0 fully saturated rings. The van der Waals surface area contributed by atoms with Crippen molar-refractivity contribution in [2.24, 2.45) is 0 Å². The summed E-state index contributed by atoms with van der Waals surface area (Å²) in [5, 5.41) is 2.66. The molecule has 6 nitrogen and oxygen atoms in total. The van der Waals surface area contributed by atoms with Crippen LogP contribution in [0, 0.1) is 0 Å². The Morgan fingerprint density at radius 1 is 0.964 bits per heavy atom. The third-order valence-electron chi connectivity index (χ3n) is 3.92. The molecule has 0 radical (unpaired) electrons. The number of Topliss-reactive ketones (excluding diaryl/α,β-unsaturated/α-hetero) is 1. The van der Waals surface area contributed by atoms with Crippen molar-refractivity contribution in [2.75, 3.05) is 11.9 Å². The molecule has 0 aliphatic rings.